The fraction of sp³-hybridized carbons (Fsp3) is 0.100. The topological polar surface area (TPSA) is 267 Å². The van der Waals surface area contributed by atoms with Crippen molar-refractivity contribution >= 4 is 84.1 Å². The summed E-state index contributed by atoms with van der Waals surface area (Å²) in [5, 5.41) is 9.48. The molecular formula is C120H108F4O15S8. The van der Waals surface area contributed by atoms with E-state index in [1.807, 2.05) is 93.6 Å². The number of ether oxygens (including phenoxy) is 2. The predicted molar refractivity (Wildman–Crippen MR) is 575 cm³/mol. The summed E-state index contributed by atoms with van der Waals surface area (Å²) in [5.74, 6) is -10.3. The van der Waals surface area contributed by atoms with Crippen LogP contribution in [0, 0.1) is 23.3 Å². The maximum atomic E-state index is 13.7. The smallest absolute Gasteiger partial charge is 0.205 e. The van der Waals surface area contributed by atoms with Gasteiger partial charge in [0, 0.05) is 0 Å². The first-order chi connectivity index (χ1) is 70.9. The average Bonchev–Trinajstić information content (AvgIpc) is 0.765. The summed E-state index contributed by atoms with van der Waals surface area (Å²) in [7, 11) is -18.6. The second-order valence-electron chi connectivity index (χ2n) is 32.1. The molecule has 18 rings (SSSR count). The summed E-state index contributed by atoms with van der Waals surface area (Å²) < 4.78 is 192. The number of aromatic hydroxyl groups is 1. The molecule has 0 aliphatic heterocycles. The van der Waals surface area contributed by atoms with Crippen molar-refractivity contribution in [2.75, 3.05) is 0 Å². The third kappa shape index (κ3) is 36.9. The van der Waals surface area contributed by atoms with E-state index in [0.717, 1.165) is 47.9 Å². The Morgan fingerprint density at radius 2 is 0.415 bits per heavy atom. The quantitative estimate of drug-likeness (QED) is 0.0207. The van der Waals surface area contributed by atoms with E-state index in [2.05, 4.69) is 328 Å². The average molecular weight is 2120 g/mol. The molecule has 147 heavy (non-hydrogen) atoms. The zero-order chi connectivity index (χ0) is 105. The summed E-state index contributed by atoms with van der Waals surface area (Å²) in [6.45, 7) is 8.02. The molecule has 0 aliphatic carbocycles. The highest BCUT2D eigenvalue weighted by atomic mass is 32.2. The molecular weight excluding hydrogens is 2010 g/mol. The molecule has 18 aromatic rings. The van der Waals surface area contributed by atoms with Crippen molar-refractivity contribution in [1.29, 1.82) is 0 Å². The highest BCUT2D eigenvalue weighted by molar-refractivity contribution is 7.98. The Labute approximate surface area is 871 Å². The number of aryl methyl sites for hydroxylation is 4. The van der Waals surface area contributed by atoms with Gasteiger partial charge >= 0.3 is 0 Å². The van der Waals surface area contributed by atoms with Crippen LogP contribution in [0.3, 0.4) is 0 Å². The Morgan fingerprint density at radius 3 is 0.605 bits per heavy atom. The van der Waals surface area contributed by atoms with Crippen molar-refractivity contribution in [2.24, 2.45) is 0 Å². The van der Waals surface area contributed by atoms with E-state index in [1.54, 1.807) is 60.7 Å². The SMILES string of the molecule is CCc1ccc(COc2c(F)c(F)c(S(=O)(=O)[O-])c(F)c2F)cc1.CCc1ccc(COc2ccc(S(=O)(=O)[O-])cc2)cc1.CCc1ccc(CS(=O)(=O)[O-])cc1.CCc1ccc(CS(=O)(=O)[O-])cc1.Oc1ccc([S+](c2ccccc2)c2ccccc2)cc1.c1ccc([S+](c2ccccc2)c2ccccc2)cc1.c1ccc([S+](c2ccccc2)c2ccccc2)cc1.c1ccc([S+](c2ccccc2)c2ccccc2)cc1. The molecule has 0 saturated carbocycles. The summed E-state index contributed by atoms with van der Waals surface area (Å²) in [6.07, 6.45) is 3.58. The molecule has 18 aromatic carbocycles. The van der Waals surface area contributed by atoms with Crippen molar-refractivity contribution in [3.05, 3.63) is 547 Å². The highest BCUT2D eigenvalue weighted by Gasteiger charge is 2.34. The van der Waals surface area contributed by atoms with Crippen molar-refractivity contribution in [3.8, 4) is 17.2 Å². The summed E-state index contributed by atoms with van der Waals surface area (Å²) in [4.78, 5) is 13.6. The highest BCUT2D eigenvalue weighted by Crippen LogP contribution is 2.38. The Bertz CT molecular complexity index is 6770. The van der Waals surface area contributed by atoms with E-state index in [-0.39, 0.29) is 48.5 Å². The first kappa shape index (κ1) is 113. The normalized spacial score (nSPS) is 11.0. The van der Waals surface area contributed by atoms with E-state index >= 15 is 0 Å². The Balaban J connectivity index is 0.000000161. The Kier molecular flexibility index (Phi) is 44.7. The number of phenolic OH excluding ortho intramolecular Hbond substituents is 1. The Hall–Kier alpha value is -13.9. The fourth-order valence-corrected chi connectivity index (χ4v) is 24.9. The third-order valence-corrected chi connectivity index (χ3v) is 33.6. The lowest BCUT2D eigenvalue weighted by Crippen LogP contribution is -2.12. The second kappa shape index (κ2) is 57.9. The summed E-state index contributed by atoms with van der Waals surface area (Å²) in [6, 6.07) is 159. The van der Waals surface area contributed by atoms with Gasteiger partial charge in [0.1, 0.15) is 49.8 Å². The van der Waals surface area contributed by atoms with Crippen LogP contribution in [0.25, 0.3) is 0 Å². The zero-order valence-electron chi connectivity index (χ0n) is 80.7. The van der Waals surface area contributed by atoms with Gasteiger partial charge in [-0.25, -0.2) is 42.5 Å². The van der Waals surface area contributed by atoms with Crippen LogP contribution in [-0.2, 0) is 134 Å². The minimum atomic E-state index is -5.74. The van der Waals surface area contributed by atoms with Gasteiger partial charge < -0.3 is 32.8 Å². The largest absolute Gasteiger partial charge is 0.748 e. The van der Waals surface area contributed by atoms with Gasteiger partial charge in [0.2, 0.25) is 11.6 Å². The Morgan fingerprint density at radius 1 is 0.224 bits per heavy atom. The molecule has 0 bridgehead atoms. The lowest BCUT2D eigenvalue weighted by atomic mass is 10.1. The summed E-state index contributed by atoms with van der Waals surface area (Å²) in [5.41, 5.74) is 7.12. The van der Waals surface area contributed by atoms with E-state index in [9.17, 15) is 74.6 Å². The monoisotopic (exact) mass is 2120 g/mol. The fourth-order valence-electron chi connectivity index (χ4n) is 14.2. The molecule has 0 unspecified atom stereocenters. The van der Waals surface area contributed by atoms with Crippen LogP contribution >= 0.6 is 0 Å². The minimum Gasteiger partial charge on any atom is -0.748 e. The van der Waals surface area contributed by atoms with Crippen LogP contribution in [0.2, 0.25) is 0 Å². The molecule has 0 amide bonds. The van der Waals surface area contributed by atoms with Crippen LogP contribution in [0.4, 0.5) is 17.6 Å². The van der Waals surface area contributed by atoms with E-state index in [0.29, 0.717) is 34.8 Å². The number of benzene rings is 18. The van der Waals surface area contributed by atoms with Crippen molar-refractivity contribution in [1.82, 2.24) is 0 Å². The van der Waals surface area contributed by atoms with Crippen LogP contribution in [0.15, 0.2) is 548 Å². The number of phenols is 1. The predicted octanol–water partition coefficient (Wildman–Crippen LogP) is 27.4. The van der Waals surface area contributed by atoms with E-state index in [4.69, 9.17) is 9.47 Å². The molecule has 754 valence electrons. The van der Waals surface area contributed by atoms with Gasteiger partial charge in [-0.05, 0) is 252 Å². The van der Waals surface area contributed by atoms with Gasteiger partial charge in [0.25, 0.3) is 0 Å². The molecule has 0 aliphatic rings. The van der Waals surface area contributed by atoms with Gasteiger partial charge in [-0.2, -0.15) is 8.78 Å². The number of halogens is 4. The van der Waals surface area contributed by atoms with Gasteiger partial charge in [-0.15, -0.1) is 0 Å². The molecule has 15 nitrogen and oxygen atoms in total. The number of rotatable bonds is 28. The van der Waals surface area contributed by atoms with Gasteiger partial charge in [-0.3, -0.25) is 0 Å². The van der Waals surface area contributed by atoms with Crippen molar-refractivity contribution in [3.63, 3.8) is 0 Å². The first-order valence-corrected chi connectivity index (χ1v) is 57.4. The van der Waals surface area contributed by atoms with Crippen LogP contribution in [0.5, 0.6) is 17.2 Å². The van der Waals surface area contributed by atoms with Crippen molar-refractivity contribution in [2.45, 2.75) is 147 Å². The molecule has 27 heteroatoms. The molecule has 0 fully saturated rings. The van der Waals surface area contributed by atoms with Crippen LogP contribution < -0.4 is 9.47 Å². The molecule has 1 N–H and O–H groups in total. The minimum absolute atomic E-state index is 0.0146. The van der Waals surface area contributed by atoms with Crippen molar-refractivity contribution < 1.29 is 84.0 Å². The van der Waals surface area contributed by atoms with Crippen LogP contribution in [-0.4, -0.2) is 57.0 Å². The lowest BCUT2D eigenvalue weighted by Gasteiger charge is -2.14. The molecule has 0 spiro atoms. The standard InChI is InChI=1S/C18H14OS.3C18H15S.C15H12F4O4S.C15H16O4S.2C9H12O3S/c19-15-11-13-18(14-12-15)20(16-7-3-1-4-8-16)17-9-5-2-6-10-17;3*1-4-10-16(11-5-1)19(17-12-6-2-7-13-17)18-14-8-3-9-15-18;1-2-8-3-5-9(6-4-8)7-23-14-10(16)12(18)15(24(20,21)22)13(19)11(14)17;1-2-12-3-5-13(6-4-12)11-19-14-7-9-15(10-8-14)20(16,17)18;2*1-2-8-3-5-9(6-4-8)7-13(10,11)12/h1-14H;3*1-15H;3-6H,2,7H2,1H3,(H,20,21,22);3-10H,2,11H2,1H3,(H,16,17,18);2*3-6H,2,7H2,1H3,(H,10,11,12)/q;3*+1;;;;/p-3. The maximum Gasteiger partial charge on any atom is 0.205 e. The van der Waals surface area contributed by atoms with E-state index in [1.165, 1.54) is 88.6 Å². The molecule has 0 radical (unpaired) electrons. The third-order valence-electron chi connectivity index (χ3n) is 21.6. The molecule has 0 heterocycles. The maximum absolute atomic E-state index is 13.7. The molecule has 0 aromatic heterocycles. The number of hydrogen-bond acceptors (Lipinski definition) is 15. The summed E-state index contributed by atoms with van der Waals surface area (Å²) >= 11 is 0. The van der Waals surface area contributed by atoms with Crippen LogP contribution in [0.1, 0.15) is 72.2 Å². The number of hydrogen-bond donors (Lipinski definition) is 1. The zero-order valence-corrected chi connectivity index (χ0v) is 87.2. The van der Waals surface area contributed by atoms with E-state index < -0.39 is 92.5 Å². The molecule has 0 saturated heterocycles. The molecule has 0 atom stereocenters. The van der Waals surface area contributed by atoms with Gasteiger partial charge in [0.15, 0.2) is 76.1 Å². The van der Waals surface area contributed by atoms with Gasteiger partial charge in [-0.1, -0.05) is 325 Å². The lowest BCUT2D eigenvalue weighted by molar-refractivity contribution is 0.256. The first-order valence-electron chi connectivity index (χ1n) is 46.5. The second-order valence-corrected chi connectivity index (χ2v) is 45.7. The van der Waals surface area contributed by atoms with Gasteiger partial charge in [0.05, 0.1) is 80.2 Å².